The molecule has 0 spiro atoms. The van der Waals surface area contributed by atoms with Crippen molar-refractivity contribution in [2.24, 2.45) is 0 Å². The maximum Gasteiger partial charge on any atom is 0.378 e. The highest BCUT2D eigenvalue weighted by atomic mass is 16.6. The van der Waals surface area contributed by atoms with Gasteiger partial charge in [0.2, 0.25) is 5.76 Å². The molecule has 2 atom stereocenters. The minimum absolute atomic E-state index is 0.117. The predicted octanol–water partition coefficient (Wildman–Crippen LogP) is 0.560. The summed E-state index contributed by atoms with van der Waals surface area (Å²) >= 11 is 0. The van der Waals surface area contributed by atoms with Gasteiger partial charge < -0.3 is 24.8 Å². The Morgan fingerprint density at radius 1 is 1.45 bits per heavy atom. The van der Waals surface area contributed by atoms with Gasteiger partial charge in [0.1, 0.15) is 12.7 Å². The Bertz CT molecular complexity index is 536. The molecule has 0 saturated heterocycles. The molecular weight excluding hydrogens is 264 g/mol. The summed E-state index contributed by atoms with van der Waals surface area (Å²) in [4.78, 5) is 11.3. The Hall–Kier alpha value is -2.05. The molecule has 0 bridgehead atoms. The van der Waals surface area contributed by atoms with Crippen LogP contribution in [0.1, 0.15) is 11.1 Å². The number of aliphatic hydroxyl groups is 3. The molecule has 0 aliphatic carbocycles. The zero-order valence-electron chi connectivity index (χ0n) is 10.9. The first kappa shape index (κ1) is 14.4. The molecule has 1 aromatic carbocycles. The van der Waals surface area contributed by atoms with E-state index in [1.54, 1.807) is 0 Å². The lowest BCUT2D eigenvalue weighted by Crippen LogP contribution is -2.32. The topological polar surface area (TPSA) is 96.2 Å². The van der Waals surface area contributed by atoms with E-state index in [0.29, 0.717) is 0 Å². The summed E-state index contributed by atoms with van der Waals surface area (Å²) in [6.45, 7) is 1.44. The normalized spacial score (nSPS) is 19.9. The van der Waals surface area contributed by atoms with E-state index in [9.17, 15) is 15.0 Å². The molecule has 0 unspecified atom stereocenters. The minimum atomic E-state index is -1.34. The van der Waals surface area contributed by atoms with Crippen molar-refractivity contribution in [2.75, 3.05) is 6.61 Å². The maximum atomic E-state index is 11.3. The summed E-state index contributed by atoms with van der Waals surface area (Å²) in [5.41, 5.74) is 1.90. The van der Waals surface area contributed by atoms with Gasteiger partial charge >= 0.3 is 5.97 Å². The van der Waals surface area contributed by atoms with Gasteiger partial charge in [-0.2, -0.15) is 0 Å². The third-order valence-electron chi connectivity index (χ3n) is 2.93. The van der Waals surface area contributed by atoms with E-state index < -0.39 is 30.5 Å². The van der Waals surface area contributed by atoms with Crippen LogP contribution in [0.5, 0.6) is 0 Å². The molecule has 108 valence electrons. The van der Waals surface area contributed by atoms with Crippen molar-refractivity contribution < 1.29 is 29.6 Å². The molecule has 1 aromatic rings. The van der Waals surface area contributed by atoms with Gasteiger partial charge in [0.15, 0.2) is 11.9 Å². The average molecular weight is 280 g/mol. The first-order valence-corrected chi connectivity index (χ1v) is 6.14. The lowest BCUT2D eigenvalue weighted by atomic mass is 10.1. The van der Waals surface area contributed by atoms with Crippen molar-refractivity contribution in [2.45, 2.75) is 25.7 Å². The van der Waals surface area contributed by atoms with Crippen LogP contribution in [-0.4, -0.2) is 40.1 Å². The lowest BCUT2D eigenvalue weighted by molar-refractivity contribution is -0.148. The van der Waals surface area contributed by atoms with Crippen LogP contribution in [0.15, 0.2) is 35.8 Å². The highest BCUT2D eigenvalue weighted by Gasteiger charge is 2.40. The Morgan fingerprint density at radius 3 is 2.85 bits per heavy atom. The lowest BCUT2D eigenvalue weighted by Gasteiger charge is -2.18. The van der Waals surface area contributed by atoms with E-state index in [1.165, 1.54) is 0 Å². The molecule has 1 aliphatic heterocycles. The summed E-state index contributed by atoms with van der Waals surface area (Å²) in [6, 6.07) is 7.52. The molecule has 0 aromatic heterocycles. The summed E-state index contributed by atoms with van der Waals surface area (Å²) in [6.07, 6.45) is -2.52. The molecule has 0 fully saturated rings. The molecule has 2 rings (SSSR count). The average Bonchev–Trinajstić information content (AvgIpc) is 2.72. The first-order chi connectivity index (χ1) is 9.52. The fraction of sp³-hybridized carbons (Fsp3) is 0.357. The number of hydrogen-bond donors (Lipinski definition) is 3. The van der Waals surface area contributed by atoms with Crippen molar-refractivity contribution in [3.05, 3.63) is 46.9 Å². The number of ether oxygens (including phenoxy) is 2. The zero-order valence-corrected chi connectivity index (χ0v) is 10.9. The van der Waals surface area contributed by atoms with E-state index in [2.05, 4.69) is 0 Å². The van der Waals surface area contributed by atoms with E-state index in [0.717, 1.165) is 11.1 Å². The van der Waals surface area contributed by atoms with Crippen LogP contribution >= 0.6 is 0 Å². The van der Waals surface area contributed by atoms with Crippen LogP contribution in [-0.2, 0) is 20.9 Å². The van der Waals surface area contributed by atoms with Crippen molar-refractivity contribution in [3.8, 4) is 0 Å². The number of aliphatic hydroxyl groups excluding tert-OH is 3. The number of cyclic esters (lactones) is 1. The van der Waals surface area contributed by atoms with Gasteiger partial charge in [0.05, 0.1) is 6.61 Å². The van der Waals surface area contributed by atoms with Crippen molar-refractivity contribution in [1.29, 1.82) is 0 Å². The highest BCUT2D eigenvalue weighted by Crippen LogP contribution is 2.25. The van der Waals surface area contributed by atoms with Crippen molar-refractivity contribution >= 4 is 5.97 Å². The molecule has 3 N–H and O–H groups in total. The van der Waals surface area contributed by atoms with Gasteiger partial charge in [-0.1, -0.05) is 29.8 Å². The molecule has 0 radical (unpaired) electrons. The second-order valence-corrected chi connectivity index (χ2v) is 4.57. The number of aryl methyl sites for hydroxylation is 1. The maximum absolute atomic E-state index is 11.3. The van der Waals surface area contributed by atoms with Gasteiger partial charge in [-0.25, -0.2) is 4.79 Å². The van der Waals surface area contributed by atoms with E-state index in [-0.39, 0.29) is 12.4 Å². The summed E-state index contributed by atoms with van der Waals surface area (Å²) in [5.74, 6) is -1.80. The monoisotopic (exact) mass is 280 g/mol. The van der Waals surface area contributed by atoms with Gasteiger partial charge in [-0.3, -0.25) is 0 Å². The second-order valence-electron chi connectivity index (χ2n) is 4.57. The van der Waals surface area contributed by atoms with E-state index in [4.69, 9.17) is 14.6 Å². The Kier molecular flexibility index (Phi) is 4.26. The number of carbonyl (C=O) groups is 1. The summed E-state index contributed by atoms with van der Waals surface area (Å²) < 4.78 is 10.1. The van der Waals surface area contributed by atoms with Crippen LogP contribution in [0.2, 0.25) is 0 Å². The molecule has 1 aliphatic rings. The van der Waals surface area contributed by atoms with E-state index in [1.807, 2.05) is 31.2 Å². The smallest absolute Gasteiger partial charge is 0.378 e. The van der Waals surface area contributed by atoms with Crippen LogP contribution in [0.25, 0.3) is 0 Å². The molecule has 0 saturated carbocycles. The number of carbonyl (C=O) groups excluding carboxylic acids is 1. The fourth-order valence-electron chi connectivity index (χ4n) is 1.92. The molecule has 6 nitrogen and oxygen atoms in total. The molecule has 0 amide bonds. The third-order valence-corrected chi connectivity index (χ3v) is 2.93. The Morgan fingerprint density at radius 2 is 2.20 bits per heavy atom. The van der Waals surface area contributed by atoms with Gasteiger partial charge in [-0.05, 0) is 12.5 Å². The Labute approximate surface area is 115 Å². The van der Waals surface area contributed by atoms with E-state index >= 15 is 0 Å². The summed E-state index contributed by atoms with van der Waals surface area (Å²) in [7, 11) is 0. The van der Waals surface area contributed by atoms with Crippen molar-refractivity contribution in [1.82, 2.24) is 0 Å². The zero-order chi connectivity index (χ0) is 14.7. The number of esters is 1. The molecule has 6 heteroatoms. The van der Waals surface area contributed by atoms with Crippen LogP contribution < -0.4 is 0 Å². The van der Waals surface area contributed by atoms with Crippen LogP contribution in [0.3, 0.4) is 0 Å². The van der Waals surface area contributed by atoms with Gasteiger partial charge in [-0.15, -0.1) is 0 Å². The van der Waals surface area contributed by atoms with Crippen LogP contribution in [0, 0.1) is 6.92 Å². The fourth-order valence-corrected chi connectivity index (χ4v) is 1.92. The van der Waals surface area contributed by atoms with Gasteiger partial charge in [0, 0.05) is 0 Å². The Balaban J connectivity index is 2.11. The quantitative estimate of drug-likeness (QED) is 0.682. The minimum Gasteiger partial charge on any atom is -0.499 e. The first-order valence-electron chi connectivity index (χ1n) is 6.14. The van der Waals surface area contributed by atoms with Crippen LogP contribution in [0.4, 0.5) is 0 Å². The number of hydrogen-bond acceptors (Lipinski definition) is 6. The molecule has 20 heavy (non-hydrogen) atoms. The summed E-state index contributed by atoms with van der Waals surface area (Å²) in [5, 5.41) is 28.1. The highest BCUT2D eigenvalue weighted by molar-refractivity contribution is 5.89. The molecule has 1 heterocycles. The number of benzene rings is 1. The molecular formula is C14H16O6. The standard InChI is InChI=1S/C14H16O6/c1-8-3-2-4-9(5-8)7-19-13-11(17)14(18)20-12(13)10(16)6-15/h2-5,10,12,15-17H,6-7H2,1H3/t10-,12+/m0/s1. The number of rotatable bonds is 5. The van der Waals surface area contributed by atoms with Crippen molar-refractivity contribution in [3.63, 3.8) is 0 Å². The second kappa shape index (κ2) is 5.94. The third kappa shape index (κ3) is 2.92. The van der Waals surface area contributed by atoms with Gasteiger partial charge in [0.25, 0.3) is 0 Å². The largest absolute Gasteiger partial charge is 0.499 e. The SMILES string of the molecule is Cc1cccc(COC2=C(O)C(=O)O[C@@H]2[C@@H](O)CO)c1. The predicted molar refractivity (Wildman–Crippen MR) is 68.6 cm³/mol.